The van der Waals surface area contributed by atoms with Gasteiger partial charge < -0.3 is 5.73 Å². The zero-order valence-electron chi connectivity index (χ0n) is 10.3. The van der Waals surface area contributed by atoms with Crippen LogP contribution in [0.5, 0.6) is 0 Å². The lowest BCUT2D eigenvalue weighted by atomic mass is 10.1. The first-order valence-corrected chi connectivity index (χ1v) is 5.76. The maximum absolute atomic E-state index is 5.61. The van der Waals surface area contributed by atoms with E-state index in [1.54, 1.807) is 0 Å². The molecule has 0 atom stereocenters. The molecule has 0 fully saturated rings. The highest BCUT2D eigenvalue weighted by atomic mass is 14.9. The Labute approximate surface area is 102 Å². The molecule has 0 aliphatic heterocycles. The molecule has 0 aliphatic carbocycles. The van der Waals surface area contributed by atoms with E-state index in [-0.39, 0.29) is 0 Å². The van der Waals surface area contributed by atoms with E-state index in [0.29, 0.717) is 6.54 Å². The van der Waals surface area contributed by atoms with Crippen LogP contribution in [0.1, 0.15) is 28.3 Å². The van der Waals surface area contributed by atoms with Crippen molar-refractivity contribution in [3.05, 3.63) is 58.7 Å². The van der Waals surface area contributed by atoms with Gasteiger partial charge in [0, 0.05) is 18.7 Å². The van der Waals surface area contributed by atoms with E-state index in [4.69, 9.17) is 5.73 Å². The maximum atomic E-state index is 5.61. The number of benzene rings is 1. The van der Waals surface area contributed by atoms with Crippen LogP contribution < -0.4 is 5.73 Å². The molecule has 2 rings (SSSR count). The van der Waals surface area contributed by atoms with Crippen LogP contribution in [0.3, 0.4) is 0 Å². The van der Waals surface area contributed by atoms with Crippen molar-refractivity contribution >= 4 is 0 Å². The van der Waals surface area contributed by atoms with Gasteiger partial charge in [0.25, 0.3) is 0 Å². The predicted molar refractivity (Wildman–Crippen MR) is 68.6 cm³/mol. The summed E-state index contributed by atoms with van der Waals surface area (Å²) in [6.45, 7) is 4.52. The topological polar surface area (TPSA) is 51.8 Å². The summed E-state index contributed by atoms with van der Waals surface area (Å²) in [7, 11) is 0. The smallest absolute Gasteiger partial charge is 0.133 e. The first-order valence-electron chi connectivity index (χ1n) is 5.76. The van der Waals surface area contributed by atoms with E-state index in [1.807, 2.05) is 13.0 Å². The van der Waals surface area contributed by atoms with Gasteiger partial charge in [-0.15, -0.1) is 0 Å². The summed E-state index contributed by atoms with van der Waals surface area (Å²) in [5, 5.41) is 0. The van der Waals surface area contributed by atoms with Gasteiger partial charge in [-0.25, -0.2) is 9.97 Å². The van der Waals surface area contributed by atoms with Crippen molar-refractivity contribution < 1.29 is 0 Å². The molecule has 0 bridgehead atoms. The lowest BCUT2D eigenvalue weighted by molar-refractivity contribution is 0.873. The van der Waals surface area contributed by atoms with Gasteiger partial charge in [0.15, 0.2) is 0 Å². The number of aromatic nitrogens is 2. The van der Waals surface area contributed by atoms with Crippen molar-refractivity contribution in [2.45, 2.75) is 26.8 Å². The Bertz CT molecular complexity index is 521. The maximum Gasteiger partial charge on any atom is 0.133 e. The number of rotatable bonds is 3. The van der Waals surface area contributed by atoms with Gasteiger partial charge >= 0.3 is 0 Å². The number of aryl methyl sites for hydroxylation is 2. The van der Waals surface area contributed by atoms with E-state index < -0.39 is 0 Å². The minimum absolute atomic E-state index is 0.462. The SMILES string of the molecule is Cc1cccc(Cc2nc(C)cc(CN)n2)c1. The molecule has 0 radical (unpaired) electrons. The molecule has 17 heavy (non-hydrogen) atoms. The van der Waals surface area contributed by atoms with E-state index >= 15 is 0 Å². The molecule has 3 heteroatoms. The van der Waals surface area contributed by atoms with Crippen molar-refractivity contribution in [3.63, 3.8) is 0 Å². The quantitative estimate of drug-likeness (QED) is 0.874. The molecule has 1 aromatic heterocycles. The number of hydrogen-bond donors (Lipinski definition) is 1. The molecule has 1 heterocycles. The van der Waals surface area contributed by atoms with Gasteiger partial charge in [0.05, 0.1) is 5.69 Å². The fourth-order valence-corrected chi connectivity index (χ4v) is 1.89. The summed E-state index contributed by atoms with van der Waals surface area (Å²) in [4.78, 5) is 8.88. The van der Waals surface area contributed by atoms with Crippen molar-refractivity contribution in [1.29, 1.82) is 0 Å². The van der Waals surface area contributed by atoms with E-state index in [1.165, 1.54) is 11.1 Å². The van der Waals surface area contributed by atoms with Gasteiger partial charge in [-0.2, -0.15) is 0 Å². The van der Waals surface area contributed by atoms with Crippen LogP contribution in [0.4, 0.5) is 0 Å². The minimum atomic E-state index is 0.462. The number of hydrogen-bond acceptors (Lipinski definition) is 3. The van der Waals surface area contributed by atoms with E-state index in [2.05, 4.69) is 41.2 Å². The molecule has 2 N–H and O–H groups in total. The first kappa shape index (κ1) is 11.7. The Morgan fingerprint density at radius 2 is 1.94 bits per heavy atom. The molecule has 88 valence electrons. The summed E-state index contributed by atoms with van der Waals surface area (Å²) in [6.07, 6.45) is 0.760. The first-order chi connectivity index (χ1) is 8.17. The molecular weight excluding hydrogens is 210 g/mol. The monoisotopic (exact) mass is 227 g/mol. The summed E-state index contributed by atoms with van der Waals surface area (Å²) < 4.78 is 0. The molecule has 0 aliphatic rings. The average molecular weight is 227 g/mol. The van der Waals surface area contributed by atoms with Gasteiger partial charge in [-0.3, -0.25) is 0 Å². The highest BCUT2D eigenvalue weighted by molar-refractivity contribution is 5.25. The van der Waals surface area contributed by atoms with Crippen LogP contribution in [0, 0.1) is 13.8 Å². The normalized spacial score (nSPS) is 10.5. The van der Waals surface area contributed by atoms with Crippen molar-refractivity contribution in [1.82, 2.24) is 9.97 Å². The highest BCUT2D eigenvalue weighted by Gasteiger charge is 2.03. The van der Waals surface area contributed by atoms with Gasteiger partial charge in [-0.05, 0) is 25.5 Å². The number of nitrogens with two attached hydrogens (primary N) is 1. The van der Waals surface area contributed by atoms with Gasteiger partial charge in [0.2, 0.25) is 0 Å². The fraction of sp³-hybridized carbons (Fsp3) is 0.286. The summed E-state index contributed by atoms with van der Waals surface area (Å²) >= 11 is 0. The summed E-state index contributed by atoms with van der Waals surface area (Å²) in [6, 6.07) is 10.3. The third-order valence-electron chi connectivity index (χ3n) is 2.61. The standard InChI is InChI=1S/C14H17N3/c1-10-4-3-5-12(6-10)8-14-16-11(2)7-13(9-15)17-14/h3-7H,8-9,15H2,1-2H3. The van der Waals surface area contributed by atoms with Crippen molar-refractivity contribution in [3.8, 4) is 0 Å². The van der Waals surface area contributed by atoms with Crippen molar-refractivity contribution in [2.75, 3.05) is 0 Å². The van der Waals surface area contributed by atoms with Crippen LogP contribution in [0.25, 0.3) is 0 Å². The number of nitrogens with zero attached hydrogens (tertiary/aromatic N) is 2. The zero-order chi connectivity index (χ0) is 12.3. The Morgan fingerprint density at radius 3 is 2.65 bits per heavy atom. The second-order valence-corrected chi connectivity index (χ2v) is 4.29. The van der Waals surface area contributed by atoms with Crippen LogP contribution in [-0.4, -0.2) is 9.97 Å². The fourth-order valence-electron chi connectivity index (χ4n) is 1.89. The zero-order valence-corrected chi connectivity index (χ0v) is 10.3. The van der Waals surface area contributed by atoms with Gasteiger partial charge in [-0.1, -0.05) is 29.8 Å². The third-order valence-corrected chi connectivity index (χ3v) is 2.61. The Hall–Kier alpha value is -1.74. The summed E-state index contributed by atoms with van der Waals surface area (Å²) in [5.41, 5.74) is 9.99. The van der Waals surface area contributed by atoms with E-state index in [9.17, 15) is 0 Å². The second kappa shape index (κ2) is 5.06. The Morgan fingerprint density at radius 1 is 1.12 bits per heavy atom. The lowest BCUT2D eigenvalue weighted by Crippen LogP contribution is -2.06. The average Bonchev–Trinajstić information content (AvgIpc) is 2.28. The second-order valence-electron chi connectivity index (χ2n) is 4.29. The molecule has 3 nitrogen and oxygen atoms in total. The van der Waals surface area contributed by atoms with Crippen LogP contribution >= 0.6 is 0 Å². The molecule has 0 saturated carbocycles. The van der Waals surface area contributed by atoms with Crippen molar-refractivity contribution in [2.24, 2.45) is 5.73 Å². The minimum Gasteiger partial charge on any atom is -0.325 e. The summed E-state index contributed by atoms with van der Waals surface area (Å²) in [5.74, 6) is 0.844. The molecule has 0 spiro atoms. The molecule has 0 unspecified atom stereocenters. The van der Waals surface area contributed by atoms with Crippen LogP contribution in [-0.2, 0) is 13.0 Å². The van der Waals surface area contributed by atoms with Crippen LogP contribution in [0.2, 0.25) is 0 Å². The Balaban J connectivity index is 2.26. The molecule has 0 saturated heterocycles. The third kappa shape index (κ3) is 3.11. The van der Waals surface area contributed by atoms with Crippen LogP contribution in [0.15, 0.2) is 30.3 Å². The Kier molecular flexibility index (Phi) is 3.49. The highest BCUT2D eigenvalue weighted by Crippen LogP contribution is 2.09. The molecular formula is C14H17N3. The lowest BCUT2D eigenvalue weighted by Gasteiger charge is -2.05. The molecule has 2 aromatic rings. The molecule has 1 aromatic carbocycles. The van der Waals surface area contributed by atoms with E-state index in [0.717, 1.165) is 23.6 Å². The molecule has 0 amide bonds. The predicted octanol–water partition coefficient (Wildman–Crippen LogP) is 2.14. The largest absolute Gasteiger partial charge is 0.325 e. The van der Waals surface area contributed by atoms with Gasteiger partial charge in [0.1, 0.15) is 5.82 Å².